The third-order valence-corrected chi connectivity index (χ3v) is 2.29. The third kappa shape index (κ3) is 5.22. The number of carbonyl (C=O) groups excluding carboxylic acids is 1. The SMILES string of the molecule is CCCC(O)(CCC)CC(=O)NCC. The summed E-state index contributed by atoms with van der Waals surface area (Å²) in [5, 5.41) is 12.9. The Morgan fingerprint density at radius 3 is 2.07 bits per heavy atom. The quantitative estimate of drug-likeness (QED) is 0.660. The molecule has 0 spiro atoms. The van der Waals surface area contributed by atoms with Gasteiger partial charge in [-0.05, 0) is 19.8 Å². The van der Waals surface area contributed by atoms with Crippen molar-refractivity contribution in [3.63, 3.8) is 0 Å². The summed E-state index contributed by atoms with van der Waals surface area (Å²) in [5.41, 5.74) is -0.789. The van der Waals surface area contributed by atoms with Crippen LogP contribution in [0.2, 0.25) is 0 Å². The summed E-state index contributed by atoms with van der Waals surface area (Å²) in [4.78, 5) is 11.3. The monoisotopic (exact) mass is 201 g/mol. The largest absolute Gasteiger partial charge is 0.389 e. The van der Waals surface area contributed by atoms with Gasteiger partial charge in [-0.25, -0.2) is 0 Å². The number of hydrogen-bond donors (Lipinski definition) is 2. The highest BCUT2D eigenvalue weighted by Gasteiger charge is 2.27. The highest BCUT2D eigenvalue weighted by molar-refractivity contribution is 5.76. The van der Waals surface area contributed by atoms with Crippen LogP contribution in [0.4, 0.5) is 0 Å². The lowest BCUT2D eigenvalue weighted by molar-refractivity contribution is -0.126. The highest BCUT2D eigenvalue weighted by Crippen LogP contribution is 2.23. The molecule has 1 amide bonds. The molecule has 0 atom stereocenters. The maximum atomic E-state index is 11.3. The summed E-state index contributed by atoms with van der Waals surface area (Å²) >= 11 is 0. The van der Waals surface area contributed by atoms with Crippen LogP contribution in [0.3, 0.4) is 0 Å². The van der Waals surface area contributed by atoms with Gasteiger partial charge in [-0.3, -0.25) is 4.79 Å². The fourth-order valence-electron chi connectivity index (χ4n) is 1.79. The maximum absolute atomic E-state index is 11.3. The first-order chi connectivity index (χ1) is 6.58. The molecule has 0 aliphatic heterocycles. The van der Waals surface area contributed by atoms with Crippen molar-refractivity contribution in [2.24, 2.45) is 0 Å². The Kier molecular flexibility index (Phi) is 6.54. The van der Waals surface area contributed by atoms with Gasteiger partial charge in [0.05, 0.1) is 12.0 Å². The normalized spacial score (nSPS) is 11.4. The predicted molar refractivity (Wildman–Crippen MR) is 58.1 cm³/mol. The molecule has 3 heteroatoms. The Morgan fingerprint density at radius 1 is 1.21 bits per heavy atom. The predicted octanol–water partition coefficient (Wildman–Crippen LogP) is 1.84. The van der Waals surface area contributed by atoms with Crippen LogP contribution in [-0.4, -0.2) is 23.2 Å². The summed E-state index contributed by atoms with van der Waals surface area (Å²) in [6.07, 6.45) is 3.48. The Hall–Kier alpha value is -0.570. The van der Waals surface area contributed by atoms with Crippen LogP contribution >= 0.6 is 0 Å². The second kappa shape index (κ2) is 6.82. The lowest BCUT2D eigenvalue weighted by Crippen LogP contribution is -2.36. The molecule has 0 fully saturated rings. The molecular weight excluding hydrogens is 178 g/mol. The van der Waals surface area contributed by atoms with Gasteiger partial charge >= 0.3 is 0 Å². The topological polar surface area (TPSA) is 49.3 Å². The van der Waals surface area contributed by atoms with E-state index in [9.17, 15) is 9.90 Å². The Labute approximate surface area is 86.9 Å². The van der Waals surface area contributed by atoms with Gasteiger partial charge in [0.1, 0.15) is 0 Å². The fourth-order valence-corrected chi connectivity index (χ4v) is 1.79. The number of rotatable bonds is 7. The van der Waals surface area contributed by atoms with E-state index < -0.39 is 5.60 Å². The molecule has 0 radical (unpaired) electrons. The fraction of sp³-hybridized carbons (Fsp3) is 0.909. The molecule has 0 aromatic carbocycles. The molecule has 0 unspecified atom stereocenters. The van der Waals surface area contributed by atoms with Crippen LogP contribution in [0.1, 0.15) is 52.9 Å². The zero-order chi connectivity index (χ0) is 11.0. The van der Waals surface area contributed by atoms with E-state index in [1.54, 1.807) is 0 Å². The molecule has 0 aromatic heterocycles. The number of amides is 1. The minimum absolute atomic E-state index is 0.0445. The average molecular weight is 201 g/mol. The van der Waals surface area contributed by atoms with Crippen molar-refractivity contribution >= 4 is 5.91 Å². The van der Waals surface area contributed by atoms with Crippen LogP contribution in [-0.2, 0) is 4.79 Å². The first-order valence-electron chi connectivity index (χ1n) is 5.57. The van der Waals surface area contributed by atoms with E-state index in [-0.39, 0.29) is 12.3 Å². The number of nitrogens with one attached hydrogen (secondary N) is 1. The standard InChI is InChI=1S/C11H23NO2/c1-4-7-11(14,8-5-2)9-10(13)12-6-3/h14H,4-9H2,1-3H3,(H,12,13). The maximum Gasteiger partial charge on any atom is 0.222 e. The van der Waals surface area contributed by atoms with Gasteiger partial charge in [-0.15, -0.1) is 0 Å². The van der Waals surface area contributed by atoms with Crippen LogP contribution in [0.5, 0.6) is 0 Å². The van der Waals surface area contributed by atoms with E-state index >= 15 is 0 Å². The van der Waals surface area contributed by atoms with E-state index in [1.807, 2.05) is 20.8 Å². The third-order valence-electron chi connectivity index (χ3n) is 2.29. The van der Waals surface area contributed by atoms with Crippen LogP contribution in [0.25, 0.3) is 0 Å². The Bertz CT molecular complexity index is 163. The van der Waals surface area contributed by atoms with Crippen molar-refractivity contribution in [1.29, 1.82) is 0 Å². The Balaban J connectivity index is 4.12. The number of carbonyl (C=O) groups is 1. The van der Waals surface area contributed by atoms with Gasteiger partial charge in [0.2, 0.25) is 5.91 Å². The van der Waals surface area contributed by atoms with Crippen LogP contribution in [0.15, 0.2) is 0 Å². The molecule has 0 saturated carbocycles. The van der Waals surface area contributed by atoms with Crippen LogP contribution < -0.4 is 5.32 Å². The lowest BCUT2D eigenvalue weighted by atomic mass is 9.89. The zero-order valence-electron chi connectivity index (χ0n) is 9.60. The average Bonchev–Trinajstić information content (AvgIpc) is 2.04. The van der Waals surface area contributed by atoms with E-state index in [1.165, 1.54) is 0 Å². The lowest BCUT2D eigenvalue weighted by Gasteiger charge is -2.26. The molecule has 14 heavy (non-hydrogen) atoms. The smallest absolute Gasteiger partial charge is 0.222 e. The summed E-state index contributed by atoms with van der Waals surface area (Å²) in [6.45, 7) is 6.57. The van der Waals surface area contributed by atoms with Crippen LogP contribution in [0, 0.1) is 0 Å². The number of aliphatic hydroxyl groups is 1. The van der Waals surface area contributed by atoms with Gasteiger partial charge < -0.3 is 10.4 Å². The first kappa shape index (κ1) is 13.4. The van der Waals surface area contributed by atoms with Gasteiger partial charge in [0.25, 0.3) is 0 Å². The second-order valence-corrected chi connectivity index (χ2v) is 3.85. The molecule has 0 saturated heterocycles. The molecular formula is C11H23NO2. The molecule has 0 heterocycles. The van der Waals surface area contributed by atoms with Crippen molar-refractivity contribution in [3.8, 4) is 0 Å². The molecule has 84 valence electrons. The molecule has 2 N–H and O–H groups in total. The Morgan fingerprint density at radius 2 is 1.71 bits per heavy atom. The minimum Gasteiger partial charge on any atom is -0.389 e. The van der Waals surface area contributed by atoms with E-state index in [0.29, 0.717) is 19.4 Å². The van der Waals surface area contributed by atoms with Gasteiger partial charge in [0.15, 0.2) is 0 Å². The molecule has 0 bridgehead atoms. The molecule has 0 aromatic rings. The van der Waals surface area contributed by atoms with Crippen molar-refractivity contribution in [2.75, 3.05) is 6.54 Å². The minimum atomic E-state index is -0.789. The summed E-state index contributed by atoms with van der Waals surface area (Å²) in [5.74, 6) is -0.0445. The van der Waals surface area contributed by atoms with Crippen molar-refractivity contribution < 1.29 is 9.90 Å². The summed E-state index contributed by atoms with van der Waals surface area (Å²) < 4.78 is 0. The van der Waals surface area contributed by atoms with Crippen molar-refractivity contribution in [2.45, 2.75) is 58.5 Å². The first-order valence-corrected chi connectivity index (χ1v) is 5.57. The zero-order valence-corrected chi connectivity index (χ0v) is 9.60. The van der Waals surface area contributed by atoms with Gasteiger partial charge in [0, 0.05) is 6.54 Å². The molecule has 0 aliphatic carbocycles. The summed E-state index contributed by atoms with van der Waals surface area (Å²) in [7, 11) is 0. The number of hydrogen-bond acceptors (Lipinski definition) is 2. The van der Waals surface area contributed by atoms with Crippen molar-refractivity contribution in [3.05, 3.63) is 0 Å². The molecule has 0 rings (SSSR count). The van der Waals surface area contributed by atoms with E-state index in [4.69, 9.17) is 0 Å². The highest BCUT2D eigenvalue weighted by atomic mass is 16.3. The van der Waals surface area contributed by atoms with Gasteiger partial charge in [-0.1, -0.05) is 26.7 Å². The van der Waals surface area contributed by atoms with E-state index in [0.717, 1.165) is 12.8 Å². The van der Waals surface area contributed by atoms with E-state index in [2.05, 4.69) is 5.32 Å². The molecule has 0 aliphatic rings. The summed E-state index contributed by atoms with van der Waals surface area (Å²) in [6, 6.07) is 0. The van der Waals surface area contributed by atoms with Gasteiger partial charge in [-0.2, -0.15) is 0 Å². The van der Waals surface area contributed by atoms with Crippen molar-refractivity contribution in [1.82, 2.24) is 5.32 Å². The second-order valence-electron chi connectivity index (χ2n) is 3.85. The molecule has 3 nitrogen and oxygen atoms in total.